The zero-order valence-electron chi connectivity index (χ0n) is 22.0. The Labute approximate surface area is 236 Å². The molecule has 9 nitrogen and oxygen atoms in total. The number of aliphatic hydroxyl groups is 1. The summed E-state index contributed by atoms with van der Waals surface area (Å²) in [5.74, 6) is -0.560. The molecule has 6 rings (SSSR count). The first-order chi connectivity index (χ1) is 19.4. The Morgan fingerprint density at radius 1 is 1.02 bits per heavy atom. The van der Waals surface area contributed by atoms with E-state index < -0.39 is 6.10 Å². The van der Waals surface area contributed by atoms with Crippen molar-refractivity contribution >= 4 is 40.5 Å². The van der Waals surface area contributed by atoms with Crippen molar-refractivity contribution in [2.75, 3.05) is 38.0 Å². The number of nitrogens with zero attached hydrogens (tertiary/aromatic N) is 3. The first kappa shape index (κ1) is 26.4. The predicted molar refractivity (Wildman–Crippen MR) is 154 cm³/mol. The number of fused-ring (bicyclic) bond motifs is 2. The Balaban J connectivity index is 1.19. The van der Waals surface area contributed by atoms with Gasteiger partial charge in [0.25, 0.3) is 17.4 Å². The molecule has 3 aromatic rings. The molecular weight excluding hydrogens is 530 g/mol. The standard InChI is InChI=1S/C30H30ClN5O4/c31-20-6-3-5-18(13-20)26(37)17-33-23-7-8-32-28(38)27(23)25-15-19-14-21-22(16-24(19)34-25)30(40)36(29(21)39)12-4-11-35-9-1-2-10-35/h3,5-8,13-14,16,26,37H,1-2,4,9-12,15,17H2,(H2,32,33,38)/t26-/m1/s1. The van der Waals surface area contributed by atoms with Crippen molar-refractivity contribution in [2.45, 2.75) is 31.8 Å². The third-order valence-corrected chi connectivity index (χ3v) is 8.04. The lowest BCUT2D eigenvalue weighted by molar-refractivity contribution is 0.0648. The van der Waals surface area contributed by atoms with Crippen LogP contribution in [0.3, 0.4) is 0 Å². The average molecular weight is 560 g/mol. The number of H-pyrrole nitrogens is 1. The van der Waals surface area contributed by atoms with Crippen LogP contribution in [0.5, 0.6) is 0 Å². The van der Waals surface area contributed by atoms with Crippen molar-refractivity contribution < 1.29 is 14.7 Å². The molecule has 2 amide bonds. The lowest BCUT2D eigenvalue weighted by atomic mass is 10.00. The molecular formula is C30H30ClN5O4. The number of halogens is 1. The van der Waals surface area contributed by atoms with Gasteiger partial charge in [-0.3, -0.25) is 24.3 Å². The molecule has 1 fully saturated rings. The Morgan fingerprint density at radius 2 is 1.80 bits per heavy atom. The van der Waals surface area contributed by atoms with E-state index in [9.17, 15) is 19.5 Å². The van der Waals surface area contributed by atoms with Crippen LogP contribution in [0.2, 0.25) is 5.02 Å². The number of rotatable bonds is 9. The number of aliphatic imine (C=N–C) groups is 1. The van der Waals surface area contributed by atoms with Crippen molar-refractivity contribution in [3.05, 3.63) is 91.9 Å². The van der Waals surface area contributed by atoms with E-state index in [2.05, 4.69) is 15.2 Å². The first-order valence-electron chi connectivity index (χ1n) is 13.6. The van der Waals surface area contributed by atoms with Crippen molar-refractivity contribution in [2.24, 2.45) is 4.99 Å². The zero-order chi connectivity index (χ0) is 27.8. The number of hydrogen-bond acceptors (Lipinski definition) is 7. The molecule has 3 aliphatic rings. The molecule has 3 aliphatic heterocycles. The van der Waals surface area contributed by atoms with Crippen molar-refractivity contribution in [3.63, 3.8) is 0 Å². The van der Waals surface area contributed by atoms with Crippen LogP contribution in [0.1, 0.15) is 62.8 Å². The number of carbonyl (C=O) groups is 2. The molecule has 2 aromatic carbocycles. The molecule has 0 aliphatic carbocycles. The summed E-state index contributed by atoms with van der Waals surface area (Å²) in [5, 5.41) is 14.3. The lowest BCUT2D eigenvalue weighted by Crippen LogP contribution is -2.33. The number of aromatic nitrogens is 1. The van der Waals surface area contributed by atoms with Crippen molar-refractivity contribution in [1.82, 2.24) is 14.8 Å². The molecule has 10 heteroatoms. The van der Waals surface area contributed by atoms with E-state index >= 15 is 0 Å². The van der Waals surface area contributed by atoms with Gasteiger partial charge in [0.15, 0.2) is 0 Å². The maximum atomic E-state index is 13.1. The number of carbonyl (C=O) groups excluding carboxylic acids is 2. The van der Waals surface area contributed by atoms with Crippen LogP contribution in [0.4, 0.5) is 11.4 Å². The summed E-state index contributed by atoms with van der Waals surface area (Å²) in [6.45, 7) is 3.60. The Kier molecular flexibility index (Phi) is 7.27. The molecule has 206 valence electrons. The number of pyridine rings is 1. The minimum atomic E-state index is -0.841. The van der Waals surface area contributed by atoms with Crippen molar-refractivity contribution in [3.8, 4) is 0 Å². The quantitative estimate of drug-likeness (QED) is 0.342. The fourth-order valence-electron chi connectivity index (χ4n) is 5.74. The minimum Gasteiger partial charge on any atom is -0.387 e. The normalized spacial score (nSPS) is 17.2. The molecule has 0 bridgehead atoms. The Morgan fingerprint density at radius 3 is 2.58 bits per heavy atom. The van der Waals surface area contributed by atoms with E-state index in [0.717, 1.165) is 31.6 Å². The average Bonchev–Trinajstić information content (AvgIpc) is 3.66. The van der Waals surface area contributed by atoms with Gasteiger partial charge in [-0.15, -0.1) is 0 Å². The van der Waals surface area contributed by atoms with Crippen LogP contribution in [0.25, 0.3) is 0 Å². The fraction of sp³-hybridized carbons (Fsp3) is 0.333. The molecule has 0 saturated carbocycles. The smallest absolute Gasteiger partial charge is 0.261 e. The van der Waals surface area contributed by atoms with E-state index in [1.165, 1.54) is 23.9 Å². The minimum absolute atomic E-state index is 0.155. The van der Waals surface area contributed by atoms with Gasteiger partial charge in [0, 0.05) is 30.7 Å². The number of likely N-dealkylation sites (tertiary alicyclic amines) is 1. The molecule has 3 N–H and O–H groups in total. The van der Waals surface area contributed by atoms with Gasteiger partial charge in [0.1, 0.15) is 0 Å². The predicted octanol–water partition coefficient (Wildman–Crippen LogP) is 3.93. The van der Waals surface area contributed by atoms with Gasteiger partial charge in [-0.1, -0.05) is 23.7 Å². The molecule has 1 atom stereocenters. The first-order valence-corrected chi connectivity index (χ1v) is 14.0. The number of nitrogens with one attached hydrogen (secondary N) is 2. The summed E-state index contributed by atoms with van der Waals surface area (Å²) < 4.78 is 0. The SMILES string of the molecule is O=C1c2cc3c(cc2C(=O)N1CCCN1CCCC1)N=C(c1c(NC[C@@H](O)c2cccc(Cl)c2)cc[nH]c1=O)C3. The number of aromatic amines is 1. The molecule has 4 heterocycles. The number of amides is 2. The zero-order valence-corrected chi connectivity index (χ0v) is 22.7. The highest BCUT2D eigenvalue weighted by Gasteiger charge is 2.37. The summed E-state index contributed by atoms with van der Waals surface area (Å²) in [7, 11) is 0. The second-order valence-electron chi connectivity index (χ2n) is 10.5. The van der Waals surface area contributed by atoms with Gasteiger partial charge in [0.05, 0.1) is 39.9 Å². The number of imide groups is 1. The van der Waals surface area contributed by atoms with Crippen LogP contribution in [0, 0.1) is 0 Å². The number of aliphatic hydroxyl groups excluding tert-OH is 1. The third kappa shape index (κ3) is 5.08. The van der Waals surface area contributed by atoms with Crippen molar-refractivity contribution in [1.29, 1.82) is 0 Å². The van der Waals surface area contributed by atoms with Crippen LogP contribution in [-0.4, -0.2) is 70.1 Å². The number of hydrogen-bond donors (Lipinski definition) is 3. The largest absolute Gasteiger partial charge is 0.387 e. The van der Waals surface area contributed by atoms with Gasteiger partial charge >= 0.3 is 0 Å². The van der Waals surface area contributed by atoms with Crippen LogP contribution in [0.15, 0.2) is 58.4 Å². The second kappa shape index (κ2) is 11.0. The van der Waals surface area contributed by atoms with E-state index in [1.54, 1.807) is 42.5 Å². The van der Waals surface area contributed by atoms with Crippen LogP contribution < -0.4 is 10.9 Å². The highest BCUT2D eigenvalue weighted by molar-refractivity contribution is 6.30. The second-order valence-corrected chi connectivity index (χ2v) is 10.9. The summed E-state index contributed by atoms with van der Waals surface area (Å²) >= 11 is 6.05. The monoisotopic (exact) mass is 559 g/mol. The number of anilines is 1. The highest BCUT2D eigenvalue weighted by Crippen LogP contribution is 2.36. The van der Waals surface area contributed by atoms with E-state index in [-0.39, 0.29) is 23.9 Å². The third-order valence-electron chi connectivity index (χ3n) is 7.81. The summed E-state index contributed by atoms with van der Waals surface area (Å²) in [4.78, 5) is 50.3. The van der Waals surface area contributed by atoms with Gasteiger partial charge in [-0.2, -0.15) is 0 Å². The maximum absolute atomic E-state index is 13.1. The Bertz CT molecular complexity index is 1580. The van der Waals surface area contributed by atoms with E-state index in [0.29, 0.717) is 57.3 Å². The molecule has 1 aromatic heterocycles. The van der Waals surface area contributed by atoms with Gasteiger partial charge in [-0.05, 0) is 80.4 Å². The van der Waals surface area contributed by atoms with Crippen LogP contribution in [-0.2, 0) is 6.42 Å². The molecule has 0 unspecified atom stereocenters. The fourth-order valence-corrected chi connectivity index (χ4v) is 5.94. The Hall–Kier alpha value is -3.79. The molecule has 1 saturated heterocycles. The van der Waals surface area contributed by atoms with Crippen LogP contribution >= 0.6 is 11.6 Å². The lowest BCUT2D eigenvalue weighted by Gasteiger charge is -2.17. The molecule has 0 spiro atoms. The summed E-state index contributed by atoms with van der Waals surface area (Å²) in [6, 6.07) is 12.1. The number of benzene rings is 2. The molecule has 0 radical (unpaired) electrons. The van der Waals surface area contributed by atoms with Gasteiger partial charge in [0.2, 0.25) is 0 Å². The van der Waals surface area contributed by atoms with Gasteiger partial charge < -0.3 is 20.3 Å². The summed E-state index contributed by atoms with van der Waals surface area (Å²) in [5.41, 5.74) is 3.89. The summed E-state index contributed by atoms with van der Waals surface area (Å²) in [6.07, 6.45) is 4.21. The maximum Gasteiger partial charge on any atom is 0.261 e. The topological polar surface area (TPSA) is 118 Å². The van der Waals surface area contributed by atoms with Gasteiger partial charge in [-0.25, -0.2) is 0 Å². The molecule has 40 heavy (non-hydrogen) atoms. The highest BCUT2D eigenvalue weighted by atomic mass is 35.5. The van der Waals surface area contributed by atoms with E-state index in [4.69, 9.17) is 16.6 Å². The van der Waals surface area contributed by atoms with E-state index in [1.807, 2.05) is 0 Å².